The molecule has 0 N–H and O–H groups in total. The number of ether oxygens (including phenoxy) is 2. The monoisotopic (exact) mass is 273 g/mol. The number of benzene rings is 1. The van der Waals surface area contributed by atoms with Crippen LogP contribution >= 0.6 is 0 Å². The number of carbonyl (C=O) groups is 1. The van der Waals surface area contributed by atoms with E-state index in [0.29, 0.717) is 11.3 Å². The maximum Gasteiger partial charge on any atom is 0.305 e. The highest BCUT2D eigenvalue weighted by atomic mass is 16.7. The lowest BCUT2D eigenvalue weighted by atomic mass is 10.1. The van der Waals surface area contributed by atoms with Crippen LogP contribution in [0.1, 0.15) is 19.4 Å². The zero-order chi connectivity index (χ0) is 14.5. The van der Waals surface area contributed by atoms with Gasteiger partial charge >= 0.3 is 5.97 Å². The molecule has 2 heterocycles. The van der Waals surface area contributed by atoms with Gasteiger partial charge in [0.2, 0.25) is 0 Å². The van der Waals surface area contributed by atoms with Gasteiger partial charge in [0.1, 0.15) is 5.75 Å². The summed E-state index contributed by atoms with van der Waals surface area (Å²) in [5.41, 5.74) is 1.23. The normalized spacial score (nSPS) is 20.6. The number of fused-ring (bicyclic) bond motifs is 3. The zero-order valence-corrected chi connectivity index (χ0v) is 11.6. The van der Waals surface area contributed by atoms with Gasteiger partial charge in [-0.1, -0.05) is 12.1 Å². The van der Waals surface area contributed by atoms with E-state index < -0.39 is 11.8 Å². The van der Waals surface area contributed by atoms with Crippen LogP contribution in [0.15, 0.2) is 29.1 Å². The van der Waals surface area contributed by atoms with E-state index in [0.717, 1.165) is 10.9 Å². The van der Waals surface area contributed by atoms with Gasteiger partial charge in [-0.2, -0.15) is 0 Å². The SMILES string of the molecule is CC(=O)OC1(C)Cc2c(c3ccccc3n(C)c2=O)O1. The van der Waals surface area contributed by atoms with E-state index in [9.17, 15) is 9.59 Å². The second-order valence-electron chi connectivity index (χ2n) is 5.20. The summed E-state index contributed by atoms with van der Waals surface area (Å²) in [5.74, 6) is -1.02. The second-order valence-corrected chi connectivity index (χ2v) is 5.20. The third kappa shape index (κ3) is 1.78. The van der Waals surface area contributed by atoms with Crippen LogP contribution in [0, 0.1) is 0 Å². The number of rotatable bonds is 1. The number of aromatic nitrogens is 1. The lowest BCUT2D eigenvalue weighted by molar-refractivity contribution is -0.183. The minimum Gasteiger partial charge on any atom is -0.451 e. The van der Waals surface area contributed by atoms with Crippen molar-refractivity contribution in [2.24, 2.45) is 7.05 Å². The van der Waals surface area contributed by atoms with E-state index >= 15 is 0 Å². The van der Waals surface area contributed by atoms with Crippen LogP contribution in [0.2, 0.25) is 0 Å². The highest BCUT2D eigenvalue weighted by Gasteiger charge is 2.41. The molecule has 1 aromatic carbocycles. The Kier molecular flexibility index (Phi) is 2.61. The molecule has 0 bridgehead atoms. The fraction of sp³-hybridized carbons (Fsp3) is 0.333. The first-order valence-electron chi connectivity index (χ1n) is 6.40. The Morgan fingerprint density at radius 3 is 2.80 bits per heavy atom. The molecular weight excluding hydrogens is 258 g/mol. The predicted octanol–water partition coefficient (Wildman–Crippen LogP) is 1.75. The van der Waals surface area contributed by atoms with Gasteiger partial charge in [-0.25, -0.2) is 0 Å². The Balaban J connectivity index is 2.23. The Morgan fingerprint density at radius 1 is 1.40 bits per heavy atom. The van der Waals surface area contributed by atoms with E-state index in [1.807, 2.05) is 24.3 Å². The molecule has 0 fully saturated rings. The van der Waals surface area contributed by atoms with Gasteiger partial charge in [0, 0.05) is 26.3 Å². The molecule has 1 unspecified atom stereocenters. The standard InChI is InChI=1S/C15H15NO4/c1-9(17)19-15(2)8-11-13(20-15)10-6-4-5-7-12(10)16(3)14(11)18/h4-7H,8H2,1-3H3. The van der Waals surface area contributed by atoms with E-state index in [2.05, 4.69) is 0 Å². The molecule has 0 saturated heterocycles. The molecule has 1 atom stereocenters. The average molecular weight is 273 g/mol. The lowest BCUT2D eigenvalue weighted by Crippen LogP contribution is -2.36. The van der Waals surface area contributed by atoms with Gasteiger partial charge < -0.3 is 14.0 Å². The number of aryl methyl sites for hydroxylation is 1. The van der Waals surface area contributed by atoms with Gasteiger partial charge in [-0.15, -0.1) is 0 Å². The fourth-order valence-corrected chi connectivity index (χ4v) is 2.74. The molecule has 104 valence electrons. The summed E-state index contributed by atoms with van der Waals surface area (Å²) in [6.45, 7) is 3.00. The number of nitrogens with zero attached hydrogens (tertiary/aromatic N) is 1. The van der Waals surface area contributed by atoms with Crippen molar-refractivity contribution in [2.75, 3.05) is 0 Å². The molecule has 0 aliphatic carbocycles. The Hall–Kier alpha value is -2.30. The Bertz CT molecular complexity index is 777. The van der Waals surface area contributed by atoms with Gasteiger partial charge in [0.15, 0.2) is 0 Å². The summed E-state index contributed by atoms with van der Waals surface area (Å²) in [6.07, 6.45) is 0.263. The molecular formula is C15H15NO4. The first kappa shape index (κ1) is 12.7. The van der Waals surface area contributed by atoms with Crippen LogP contribution in [0.5, 0.6) is 5.75 Å². The largest absolute Gasteiger partial charge is 0.451 e. The minimum atomic E-state index is -1.11. The van der Waals surface area contributed by atoms with Crippen LogP contribution in [0.4, 0.5) is 0 Å². The van der Waals surface area contributed by atoms with Gasteiger partial charge in [0.05, 0.1) is 17.5 Å². The topological polar surface area (TPSA) is 57.5 Å². The van der Waals surface area contributed by atoms with Gasteiger partial charge in [0.25, 0.3) is 11.3 Å². The first-order chi connectivity index (χ1) is 9.41. The third-order valence-corrected chi connectivity index (χ3v) is 3.52. The molecule has 0 amide bonds. The number of para-hydroxylation sites is 1. The van der Waals surface area contributed by atoms with Crippen molar-refractivity contribution in [3.05, 3.63) is 40.2 Å². The quantitative estimate of drug-likeness (QED) is 0.743. The first-order valence-corrected chi connectivity index (χ1v) is 6.40. The fourth-order valence-electron chi connectivity index (χ4n) is 2.74. The average Bonchev–Trinajstić information content (AvgIpc) is 2.73. The number of carbonyl (C=O) groups excluding carboxylic acids is 1. The minimum absolute atomic E-state index is 0.116. The summed E-state index contributed by atoms with van der Waals surface area (Å²) < 4.78 is 12.6. The summed E-state index contributed by atoms with van der Waals surface area (Å²) in [5, 5.41) is 0.848. The summed E-state index contributed by atoms with van der Waals surface area (Å²) in [6, 6.07) is 7.52. The Morgan fingerprint density at radius 2 is 2.10 bits per heavy atom. The molecule has 1 aliphatic rings. The van der Waals surface area contributed by atoms with Gasteiger partial charge in [-0.3, -0.25) is 9.59 Å². The maximum atomic E-state index is 12.4. The van der Waals surface area contributed by atoms with Crippen molar-refractivity contribution >= 4 is 16.9 Å². The van der Waals surface area contributed by atoms with E-state index in [1.54, 1.807) is 18.5 Å². The van der Waals surface area contributed by atoms with Crippen molar-refractivity contribution < 1.29 is 14.3 Å². The molecule has 5 heteroatoms. The molecule has 0 spiro atoms. The zero-order valence-electron chi connectivity index (χ0n) is 11.6. The van der Waals surface area contributed by atoms with Crippen LogP contribution in [0.25, 0.3) is 10.9 Å². The molecule has 0 radical (unpaired) electrons. The Labute approximate surface area is 115 Å². The molecule has 2 aromatic rings. The lowest BCUT2D eigenvalue weighted by Gasteiger charge is -2.23. The van der Waals surface area contributed by atoms with E-state index in [-0.39, 0.29) is 12.0 Å². The second kappa shape index (κ2) is 4.10. The molecule has 0 saturated carbocycles. The highest BCUT2D eigenvalue weighted by Crippen LogP contribution is 2.38. The van der Waals surface area contributed by atoms with E-state index in [4.69, 9.17) is 9.47 Å². The number of hydrogen-bond donors (Lipinski definition) is 0. The van der Waals surface area contributed by atoms with Crippen LogP contribution in [-0.2, 0) is 23.0 Å². The maximum absolute atomic E-state index is 12.4. The molecule has 1 aromatic heterocycles. The van der Waals surface area contributed by atoms with Gasteiger partial charge in [-0.05, 0) is 12.1 Å². The summed E-state index contributed by atoms with van der Waals surface area (Å²) >= 11 is 0. The van der Waals surface area contributed by atoms with Crippen molar-refractivity contribution in [1.82, 2.24) is 4.57 Å². The van der Waals surface area contributed by atoms with Crippen molar-refractivity contribution in [2.45, 2.75) is 26.1 Å². The van der Waals surface area contributed by atoms with Crippen molar-refractivity contribution in [3.8, 4) is 5.75 Å². The summed E-state index contributed by atoms with van der Waals surface area (Å²) in [7, 11) is 1.73. The smallest absolute Gasteiger partial charge is 0.305 e. The number of esters is 1. The van der Waals surface area contributed by atoms with E-state index in [1.165, 1.54) is 6.92 Å². The molecule has 20 heavy (non-hydrogen) atoms. The van der Waals surface area contributed by atoms with Crippen LogP contribution < -0.4 is 10.3 Å². The number of pyridine rings is 1. The van der Waals surface area contributed by atoms with Crippen molar-refractivity contribution in [3.63, 3.8) is 0 Å². The molecule has 3 rings (SSSR count). The molecule has 5 nitrogen and oxygen atoms in total. The predicted molar refractivity (Wildman–Crippen MR) is 73.7 cm³/mol. The van der Waals surface area contributed by atoms with Crippen molar-refractivity contribution in [1.29, 1.82) is 0 Å². The highest BCUT2D eigenvalue weighted by molar-refractivity contribution is 5.87. The van der Waals surface area contributed by atoms with Crippen LogP contribution in [0.3, 0.4) is 0 Å². The molecule has 1 aliphatic heterocycles. The summed E-state index contributed by atoms with van der Waals surface area (Å²) in [4.78, 5) is 23.6. The number of hydrogen-bond acceptors (Lipinski definition) is 4. The van der Waals surface area contributed by atoms with Crippen LogP contribution in [-0.4, -0.2) is 16.3 Å². The third-order valence-electron chi connectivity index (χ3n) is 3.52.